The smallest absolute Gasteiger partial charge is 0.250 e. The Morgan fingerprint density at radius 3 is 2.58 bits per heavy atom. The van der Waals surface area contributed by atoms with E-state index in [1.165, 1.54) is 6.08 Å². The molecule has 2 aromatic carbocycles. The van der Waals surface area contributed by atoms with Crippen molar-refractivity contribution in [2.45, 2.75) is 20.8 Å². The number of nitrogens with two attached hydrogens (primary N) is 1. The third-order valence-corrected chi connectivity index (χ3v) is 4.39. The molecule has 0 radical (unpaired) electrons. The monoisotopic (exact) mass is 347 g/mol. The Kier molecular flexibility index (Phi) is 4.63. The maximum Gasteiger partial charge on any atom is 0.250 e. The molecule has 1 aromatic heterocycles. The van der Waals surface area contributed by atoms with Crippen molar-refractivity contribution in [1.29, 1.82) is 0 Å². The van der Waals surface area contributed by atoms with Gasteiger partial charge in [-0.05, 0) is 61.7 Å². The summed E-state index contributed by atoms with van der Waals surface area (Å²) < 4.78 is 0. The van der Waals surface area contributed by atoms with Crippen LogP contribution in [0.15, 0.2) is 48.6 Å². The van der Waals surface area contributed by atoms with Crippen LogP contribution < -0.4 is 11.1 Å². The highest BCUT2D eigenvalue weighted by molar-refractivity contribution is 6.10. The second-order valence-electron chi connectivity index (χ2n) is 6.23. The van der Waals surface area contributed by atoms with Gasteiger partial charge in [0.05, 0.1) is 11.1 Å². The minimum Gasteiger partial charge on any atom is -0.366 e. The van der Waals surface area contributed by atoms with E-state index in [0.29, 0.717) is 5.56 Å². The highest BCUT2D eigenvalue weighted by Crippen LogP contribution is 2.35. The summed E-state index contributed by atoms with van der Waals surface area (Å²) >= 11 is 0. The fourth-order valence-electron chi connectivity index (χ4n) is 3.18. The van der Waals surface area contributed by atoms with Crippen molar-refractivity contribution < 1.29 is 9.59 Å². The Balaban J connectivity index is 2.17. The lowest BCUT2D eigenvalue weighted by atomic mass is 9.94. The number of aromatic nitrogens is 1. The first-order valence-electron chi connectivity index (χ1n) is 8.38. The number of hydrogen-bond donors (Lipinski definition) is 3. The number of benzene rings is 2. The summed E-state index contributed by atoms with van der Waals surface area (Å²) in [5.74, 6) is -0.632. The van der Waals surface area contributed by atoms with E-state index in [-0.39, 0.29) is 5.91 Å². The number of anilines is 1. The number of H-pyrrole nitrogens is 1. The molecular weight excluding hydrogens is 326 g/mol. The van der Waals surface area contributed by atoms with Crippen molar-refractivity contribution in [3.05, 3.63) is 65.4 Å². The fraction of sp³-hybridized carbons (Fsp3) is 0.143. The minimum atomic E-state index is -0.465. The number of fused-ring (bicyclic) bond motifs is 1. The van der Waals surface area contributed by atoms with Gasteiger partial charge in [-0.2, -0.15) is 0 Å². The molecule has 0 bridgehead atoms. The van der Waals surface area contributed by atoms with Crippen LogP contribution in [0.4, 0.5) is 5.69 Å². The van der Waals surface area contributed by atoms with Gasteiger partial charge < -0.3 is 16.0 Å². The molecule has 0 spiro atoms. The van der Waals surface area contributed by atoms with Gasteiger partial charge in [-0.25, -0.2) is 0 Å². The highest BCUT2D eigenvalue weighted by atomic mass is 16.1. The molecule has 26 heavy (non-hydrogen) atoms. The first kappa shape index (κ1) is 17.5. The average Bonchev–Trinajstić information content (AvgIpc) is 2.97. The Bertz CT molecular complexity index is 1040. The highest BCUT2D eigenvalue weighted by Gasteiger charge is 2.15. The second kappa shape index (κ2) is 6.88. The van der Waals surface area contributed by atoms with Crippen LogP contribution in [0.1, 0.15) is 28.5 Å². The molecule has 0 fully saturated rings. The number of hydrogen-bond acceptors (Lipinski definition) is 2. The van der Waals surface area contributed by atoms with E-state index >= 15 is 0 Å². The maximum atomic E-state index is 11.9. The van der Waals surface area contributed by atoms with Crippen LogP contribution >= 0.6 is 0 Å². The number of allylic oxidation sites excluding steroid dienone is 1. The molecule has 4 N–H and O–H groups in total. The van der Waals surface area contributed by atoms with Gasteiger partial charge in [0.2, 0.25) is 5.91 Å². The summed E-state index contributed by atoms with van der Waals surface area (Å²) in [4.78, 5) is 26.8. The molecule has 132 valence electrons. The number of carbonyl (C=O) groups excluding carboxylic acids is 2. The molecule has 0 saturated heterocycles. The Morgan fingerprint density at radius 2 is 1.88 bits per heavy atom. The topological polar surface area (TPSA) is 88.0 Å². The standard InChI is InChI=1S/C21H21N3O2/c1-4-6-19(25)24-18-8-5-7-14(13(18)3)15-9-10-16(21(22)26)20-17(15)11-12(2)23-20/h4-11,23H,1-3H3,(H2,22,26)(H,24,25). The van der Waals surface area contributed by atoms with Gasteiger partial charge in [-0.3, -0.25) is 9.59 Å². The SMILES string of the molecule is CC=CC(=O)Nc1cccc(-c2ccc(C(N)=O)c3[nH]c(C)cc23)c1C. The Labute approximate surface area is 151 Å². The molecule has 2 amide bonds. The van der Waals surface area contributed by atoms with Crippen molar-refractivity contribution in [3.63, 3.8) is 0 Å². The largest absolute Gasteiger partial charge is 0.366 e. The molecular formula is C21H21N3O2. The third kappa shape index (κ3) is 3.11. The van der Waals surface area contributed by atoms with E-state index in [1.807, 2.05) is 44.2 Å². The Morgan fingerprint density at radius 1 is 1.12 bits per heavy atom. The summed E-state index contributed by atoms with van der Waals surface area (Å²) in [7, 11) is 0. The van der Waals surface area contributed by atoms with Crippen molar-refractivity contribution in [1.82, 2.24) is 4.98 Å². The number of carbonyl (C=O) groups is 2. The quantitative estimate of drug-likeness (QED) is 0.621. The van der Waals surface area contributed by atoms with E-state index < -0.39 is 5.91 Å². The molecule has 0 saturated carbocycles. The third-order valence-electron chi connectivity index (χ3n) is 4.39. The lowest BCUT2D eigenvalue weighted by Crippen LogP contribution is -2.11. The molecule has 5 heteroatoms. The number of amides is 2. The van der Waals surface area contributed by atoms with Crippen molar-refractivity contribution in [2.75, 3.05) is 5.32 Å². The first-order valence-corrected chi connectivity index (χ1v) is 8.38. The van der Waals surface area contributed by atoms with E-state index in [4.69, 9.17) is 5.73 Å². The fourth-order valence-corrected chi connectivity index (χ4v) is 3.18. The summed E-state index contributed by atoms with van der Waals surface area (Å²) in [6.07, 6.45) is 3.19. The lowest BCUT2D eigenvalue weighted by molar-refractivity contribution is -0.111. The second-order valence-corrected chi connectivity index (χ2v) is 6.23. The molecule has 3 rings (SSSR count). The van der Waals surface area contributed by atoms with Gasteiger partial charge in [-0.1, -0.05) is 24.3 Å². The molecule has 5 nitrogen and oxygen atoms in total. The van der Waals surface area contributed by atoms with Crippen molar-refractivity contribution in [2.24, 2.45) is 5.73 Å². The number of aryl methyl sites for hydroxylation is 1. The summed E-state index contributed by atoms with van der Waals surface area (Å²) in [6.45, 7) is 5.71. The lowest BCUT2D eigenvalue weighted by Gasteiger charge is -2.13. The first-order chi connectivity index (χ1) is 12.4. The molecule has 0 unspecified atom stereocenters. The van der Waals surface area contributed by atoms with Crippen LogP contribution in [0.3, 0.4) is 0 Å². The number of aromatic amines is 1. The summed E-state index contributed by atoms with van der Waals surface area (Å²) in [5.41, 5.74) is 11.3. The van der Waals surface area contributed by atoms with Gasteiger partial charge in [-0.15, -0.1) is 0 Å². The van der Waals surface area contributed by atoms with Crippen LogP contribution in [0.2, 0.25) is 0 Å². The zero-order chi connectivity index (χ0) is 18.8. The predicted molar refractivity (Wildman–Crippen MR) is 105 cm³/mol. The van der Waals surface area contributed by atoms with E-state index in [9.17, 15) is 9.59 Å². The van der Waals surface area contributed by atoms with E-state index in [2.05, 4.69) is 10.3 Å². The predicted octanol–water partition coefficient (Wildman–Crippen LogP) is 4.07. The van der Waals surface area contributed by atoms with Crippen molar-refractivity contribution in [3.8, 4) is 11.1 Å². The van der Waals surface area contributed by atoms with Crippen molar-refractivity contribution >= 4 is 28.4 Å². The van der Waals surface area contributed by atoms with E-state index in [0.717, 1.165) is 39.0 Å². The minimum absolute atomic E-state index is 0.167. The van der Waals surface area contributed by atoms with E-state index in [1.54, 1.807) is 19.1 Å². The summed E-state index contributed by atoms with van der Waals surface area (Å²) in [6, 6.07) is 11.4. The van der Waals surface area contributed by atoms with Crippen LogP contribution in [0.25, 0.3) is 22.0 Å². The van der Waals surface area contributed by atoms with Gasteiger partial charge in [0, 0.05) is 16.8 Å². The number of nitrogens with one attached hydrogen (secondary N) is 2. The molecule has 0 aliphatic heterocycles. The Hall–Kier alpha value is -3.34. The van der Waals surface area contributed by atoms with Crippen LogP contribution in [-0.2, 0) is 4.79 Å². The molecule has 1 heterocycles. The summed E-state index contributed by atoms with van der Waals surface area (Å²) in [5, 5.41) is 3.83. The van der Waals surface area contributed by atoms with Gasteiger partial charge in [0.15, 0.2) is 0 Å². The normalized spacial score (nSPS) is 11.2. The van der Waals surface area contributed by atoms with Gasteiger partial charge in [0.1, 0.15) is 0 Å². The molecule has 0 aliphatic carbocycles. The van der Waals surface area contributed by atoms with Crippen LogP contribution in [0, 0.1) is 13.8 Å². The van der Waals surface area contributed by atoms with Crippen LogP contribution in [0.5, 0.6) is 0 Å². The number of primary amides is 1. The number of rotatable bonds is 4. The molecule has 0 aliphatic rings. The van der Waals surface area contributed by atoms with Gasteiger partial charge in [0.25, 0.3) is 5.91 Å². The molecule has 3 aromatic rings. The van der Waals surface area contributed by atoms with Crippen LogP contribution in [-0.4, -0.2) is 16.8 Å². The zero-order valence-corrected chi connectivity index (χ0v) is 15.0. The average molecular weight is 347 g/mol. The molecule has 0 atom stereocenters. The van der Waals surface area contributed by atoms with Gasteiger partial charge >= 0.3 is 0 Å². The maximum absolute atomic E-state index is 11.9. The zero-order valence-electron chi connectivity index (χ0n) is 15.0.